The van der Waals surface area contributed by atoms with E-state index in [0.717, 1.165) is 15.6 Å². The molecule has 7 heteroatoms. The molecule has 0 saturated carbocycles. The summed E-state index contributed by atoms with van der Waals surface area (Å²) in [4.78, 5) is 11.9. The first kappa shape index (κ1) is 19.2. The fraction of sp³-hybridized carbons (Fsp3) is 0.278. The maximum atomic E-state index is 12.3. The normalized spacial score (nSPS) is 10.6. The molecular formula is C18H18BrF2NO3. The Labute approximate surface area is 153 Å². The number of methoxy groups -OCH3 is 1. The van der Waals surface area contributed by atoms with Crippen molar-refractivity contribution in [3.8, 4) is 11.5 Å². The molecule has 0 aliphatic carbocycles. The Bertz CT molecular complexity index is 708. The van der Waals surface area contributed by atoms with Gasteiger partial charge in [0.15, 0.2) is 11.5 Å². The summed E-state index contributed by atoms with van der Waals surface area (Å²) in [5.74, 6) is 0.145. The molecule has 0 aliphatic heterocycles. The summed E-state index contributed by atoms with van der Waals surface area (Å²) in [7, 11) is 1.39. The maximum absolute atomic E-state index is 12.3. The van der Waals surface area contributed by atoms with E-state index in [1.54, 1.807) is 12.1 Å². The van der Waals surface area contributed by atoms with E-state index in [1.807, 2.05) is 24.3 Å². The number of hydrogen-bond acceptors (Lipinski definition) is 3. The van der Waals surface area contributed by atoms with Crippen LogP contribution in [0.3, 0.4) is 0 Å². The van der Waals surface area contributed by atoms with Gasteiger partial charge in [0.05, 0.1) is 13.5 Å². The molecule has 4 nitrogen and oxygen atoms in total. The van der Waals surface area contributed by atoms with Crippen LogP contribution in [0.2, 0.25) is 0 Å². The van der Waals surface area contributed by atoms with Gasteiger partial charge in [-0.2, -0.15) is 8.78 Å². The smallest absolute Gasteiger partial charge is 0.387 e. The molecule has 0 saturated heterocycles. The summed E-state index contributed by atoms with van der Waals surface area (Å²) < 4.78 is 35.0. The van der Waals surface area contributed by atoms with E-state index in [-0.39, 0.29) is 17.4 Å². The van der Waals surface area contributed by atoms with Crippen LogP contribution in [0.5, 0.6) is 11.5 Å². The Balaban J connectivity index is 1.84. The third-order valence-electron chi connectivity index (χ3n) is 3.46. The molecule has 2 rings (SSSR count). The zero-order valence-electron chi connectivity index (χ0n) is 13.6. The molecule has 0 spiro atoms. The van der Waals surface area contributed by atoms with Crippen molar-refractivity contribution in [2.45, 2.75) is 19.5 Å². The van der Waals surface area contributed by atoms with Gasteiger partial charge in [-0.05, 0) is 41.8 Å². The summed E-state index contributed by atoms with van der Waals surface area (Å²) >= 11 is 3.35. The van der Waals surface area contributed by atoms with Crippen LogP contribution < -0.4 is 14.8 Å². The molecule has 0 unspecified atom stereocenters. The topological polar surface area (TPSA) is 47.6 Å². The Kier molecular flexibility index (Phi) is 7.18. The average Bonchev–Trinajstić information content (AvgIpc) is 2.57. The second kappa shape index (κ2) is 9.36. The molecule has 1 N–H and O–H groups in total. The zero-order chi connectivity index (χ0) is 18.2. The number of ether oxygens (including phenoxy) is 2. The van der Waals surface area contributed by atoms with Crippen molar-refractivity contribution in [3.63, 3.8) is 0 Å². The summed E-state index contributed by atoms with van der Waals surface area (Å²) in [6.07, 6.45) is 0.856. The molecule has 2 aromatic carbocycles. The number of amides is 1. The van der Waals surface area contributed by atoms with Gasteiger partial charge in [0.1, 0.15) is 0 Å². The lowest BCUT2D eigenvalue weighted by atomic mass is 10.1. The van der Waals surface area contributed by atoms with E-state index in [0.29, 0.717) is 19.4 Å². The third kappa shape index (κ3) is 6.34. The van der Waals surface area contributed by atoms with Gasteiger partial charge in [0.2, 0.25) is 5.91 Å². The van der Waals surface area contributed by atoms with Crippen LogP contribution in [-0.2, 0) is 17.6 Å². The van der Waals surface area contributed by atoms with Gasteiger partial charge in [0, 0.05) is 11.0 Å². The van der Waals surface area contributed by atoms with E-state index >= 15 is 0 Å². The SMILES string of the molecule is COc1cc(CCNC(=O)Cc2ccc(Br)cc2)ccc1OC(F)F. The lowest BCUT2D eigenvalue weighted by molar-refractivity contribution is -0.120. The summed E-state index contributed by atoms with van der Waals surface area (Å²) in [5, 5.41) is 2.84. The Morgan fingerprint density at radius 1 is 1.12 bits per heavy atom. The average molecular weight is 414 g/mol. The van der Waals surface area contributed by atoms with Crippen LogP contribution in [0, 0.1) is 0 Å². The highest BCUT2D eigenvalue weighted by Gasteiger charge is 2.11. The second-order valence-corrected chi connectivity index (χ2v) is 6.18. The van der Waals surface area contributed by atoms with E-state index < -0.39 is 6.61 Å². The minimum atomic E-state index is -2.90. The molecule has 0 aliphatic rings. The van der Waals surface area contributed by atoms with Gasteiger partial charge >= 0.3 is 6.61 Å². The fourth-order valence-corrected chi connectivity index (χ4v) is 2.52. The van der Waals surface area contributed by atoms with Crippen LogP contribution in [0.25, 0.3) is 0 Å². The first-order valence-corrected chi connectivity index (χ1v) is 8.40. The van der Waals surface area contributed by atoms with Gasteiger partial charge in [0.25, 0.3) is 0 Å². The van der Waals surface area contributed by atoms with Gasteiger partial charge in [-0.15, -0.1) is 0 Å². The largest absolute Gasteiger partial charge is 0.493 e. The first-order chi connectivity index (χ1) is 12.0. The molecule has 25 heavy (non-hydrogen) atoms. The Hall–Kier alpha value is -2.15. The van der Waals surface area contributed by atoms with Gasteiger partial charge < -0.3 is 14.8 Å². The highest BCUT2D eigenvalue weighted by molar-refractivity contribution is 9.10. The van der Waals surface area contributed by atoms with E-state index in [9.17, 15) is 13.6 Å². The fourth-order valence-electron chi connectivity index (χ4n) is 2.26. The third-order valence-corrected chi connectivity index (χ3v) is 3.99. The molecule has 1 amide bonds. The lowest BCUT2D eigenvalue weighted by Crippen LogP contribution is -2.27. The van der Waals surface area contributed by atoms with Crippen LogP contribution in [0.1, 0.15) is 11.1 Å². The van der Waals surface area contributed by atoms with Gasteiger partial charge in [-0.1, -0.05) is 34.1 Å². The quantitative estimate of drug-likeness (QED) is 0.712. The monoisotopic (exact) mass is 413 g/mol. The van der Waals surface area contributed by atoms with Crippen molar-refractivity contribution < 1.29 is 23.0 Å². The molecular weight excluding hydrogens is 396 g/mol. The Morgan fingerprint density at radius 3 is 2.44 bits per heavy atom. The van der Waals surface area contributed by atoms with E-state index in [4.69, 9.17) is 4.74 Å². The van der Waals surface area contributed by atoms with Crippen molar-refractivity contribution in [2.75, 3.05) is 13.7 Å². The molecule has 0 aromatic heterocycles. The number of benzene rings is 2. The molecule has 2 aromatic rings. The van der Waals surface area contributed by atoms with Crippen molar-refractivity contribution in [3.05, 3.63) is 58.1 Å². The maximum Gasteiger partial charge on any atom is 0.387 e. The minimum Gasteiger partial charge on any atom is -0.493 e. The van der Waals surface area contributed by atoms with E-state index in [2.05, 4.69) is 26.0 Å². The van der Waals surface area contributed by atoms with Gasteiger partial charge in [-0.3, -0.25) is 4.79 Å². The number of nitrogens with one attached hydrogen (secondary N) is 1. The van der Waals surface area contributed by atoms with Crippen LogP contribution in [0.15, 0.2) is 46.9 Å². The van der Waals surface area contributed by atoms with Crippen LogP contribution >= 0.6 is 15.9 Å². The van der Waals surface area contributed by atoms with Crippen molar-refractivity contribution >= 4 is 21.8 Å². The van der Waals surface area contributed by atoms with Crippen molar-refractivity contribution in [1.29, 1.82) is 0 Å². The molecule has 0 heterocycles. The van der Waals surface area contributed by atoms with Crippen molar-refractivity contribution in [2.24, 2.45) is 0 Å². The molecule has 0 fully saturated rings. The number of hydrogen-bond donors (Lipinski definition) is 1. The number of rotatable bonds is 8. The number of carbonyl (C=O) groups is 1. The number of carbonyl (C=O) groups excluding carboxylic acids is 1. The summed E-state index contributed by atoms with van der Waals surface area (Å²) in [6, 6.07) is 12.3. The first-order valence-electron chi connectivity index (χ1n) is 7.61. The second-order valence-electron chi connectivity index (χ2n) is 5.27. The summed E-state index contributed by atoms with van der Waals surface area (Å²) in [5.41, 5.74) is 1.78. The minimum absolute atomic E-state index is 0.0134. The van der Waals surface area contributed by atoms with Crippen LogP contribution in [-0.4, -0.2) is 26.2 Å². The predicted molar refractivity (Wildman–Crippen MR) is 94.2 cm³/mol. The highest BCUT2D eigenvalue weighted by atomic mass is 79.9. The molecule has 0 radical (unpaired) electrons. The standard InChI is InChI=1S/C18H18BrF2NO3/c1-24-16-10-13(4-7-15(16)25-18(20)21)8-9-22-17(23)11-12-2-5-14(19)6-3-12/h2-7,10,18H,8-9,11H2,1H3,(H,22,23). The Morgan fingerprint density at radius 2 is 1.80 bits per heavy atom. The van der Waals surface area contributed by atoms with Crippen LogP contribution in [0.4, 0.5) is 8.78 Å². The molecule has 134 valence electrons. The van der Waals surface area contributed by atoms with E-state index in [1.165, 1.54) is 13.2 Å². The number of alkyl halides is 2. The summed E-state index contributed by atoms with van der Waals surface area (Å²) in [6.45, 7) is -2.47. The number of halogens is 3. The van der Waals surface area contributed by atoms with Crippen molar-refractivity contribution in [1.82, 2.24) is 5.32 Å². The zero-order valence-corrected chi connectivity index (χ0v) is 15.2. The molecule has 0 atom stereocenters. The predicted octanol–water partition coefficient (Wildman–Crippen LogP) is 3.96. The highest BCUT2D eigenvalue weighted by Crippen LogP contribution is 2.29. The lowest BCUT2D eigenvalue weighted by Gasteiger charge is -2.11. The van der Waals surface area contributed by atoms with Gasteiger partial charge in [-0.25, -0.2) is 0 Å². The molecule has 0 bridgehead atoms.